The molecule has 2 rings (SSSR count). The number of urea groups is 1. The van der Waals surface area contributed by atoms with E-state index in [2.05, 4.69) is 10.6 Å². The van der Waals surface area contributed by atoms with Crippen molar-refractivity contribution in [3.05, 3.63) is 52.5 Å². The van der Waals surface area contributed by atoms with Gasteiger partial charge in [0, 0.05) is 22.1 Å². The van der Waals surface area contributed by atoms with Crippen LogP contribution >= 0.6 is 33.9 Å². The highest BCUT2D eigenvalue weighted by Crippen LogP contribution is 2.25. The van der Waals surface area contributed by atoms with Crippen LogP contribution in [0.25, 0.3) is 0 Å². The first-order chi connectivity index (χ1) is 10.3. The van der Waals surface area contributed by atoms with Gasteiger partial charge in [-0.1, -0.05) is 23.2 Å². The predicted octanol–water partition coefficient (Wildman–Crippen LogP) is 4.56. The number of anilines is 2. The largest absolute Gasteiger partial charge is 0.323 e. The zero-order valence-electron chi connectivity index (χ0n) is 10.8. The Labute approximate surface area is 141 Å². The van der Waals surface area contributed by atoms with Gasteiger partial charge in [-0.3, -0.25) is 0 Å². The monoisotopic (exact) mass is 378 g/mol. The van der Waals surface area contributed by atoms with Crippen LogP contribution in [0.15, 0.2) is 47.4 Å². The lowest BCUT2D eigenvalue weighted by Crippen LogP contribution is -2.19. The first-order valence-corrected chi connectivity index (χ1v) is 8.90. The van der Waals surface area contributed by atoms with E-state index in [1.807, 2.05) is 0 Å². The Morgan fingerprint density at radius 3 is 1.95 bits per heavy atom. The Morgan fingerprint density at radius 2 is 1.41 bits per heavy atom. The maximum absolute atomic E-state index is 11.8. The highest BCUT2D eigenvalue weighted by molar-refractivity contribution is 8.13. The molecule has 9 heteroatoms. The standard InChI is InChI=1S/C13H9Cl3N2O3S/c14-11-6-3-9(7-12(11)15)18-13(19)17-8-1-4-10(5-2-8)22(16,20)21/h1-7H,(H2,17,18,19). The molecule has 0 aliphatic carbocycles. The van der Waals surface area contributed by atoms with E-state index in [4.69, 9.17) is 33.9 Å². The van der Waals surface area contributed by atoms with Gasteiger partial charge in [0.05, 0.1) is 14.9 Å². The third-order valence-corrected chi connectivity index (χ3v) is 4.68. The summed E-state index contributed by atoms with van der Waals surface area (Å²) in [5, 5.41) is 5.80. The van der Waals surface area contributed by atoms with Crippen molar-refractivity contribution in [3.63, 3.8) is 0 Å². The second-order valence-corrected chi connectivity index (χ2v) is 7.55. The lowest BCUT2D eigenvalue weighted by atomic mass is 10.3. The summed E-state index contributed by atoms with van der Waals surface area (Å²) in [6.07, 6.45) is 0. The molecular weight excluding hydrogens is 371 g/mol. The minimum Gasteiger partial charge on any atom is -0.308 e. The van der Waals surface area contributed by atoms with Crippen molar-refractivity contribution >= 4 is 60.3 Å². The highest BCUT2D eigenvalue weighted by atomic mass is 35.7. The van der Waals surface area contributed by atoms with Gasteiger partial charge in [0.2, 0.25) is 0 Å². The maximum Gasteiger partial charge on any atom is 0.323 e. The molecule has 2 aromatic carbocycles. The molecule has 0 heterocycles. The molecule has 2 N–H and O–H groups in total. The zero-order valence-corrected chi connectivity index (χ0v) is 13.9. The molecule has 116 valence electrons. The number of halogens is 3. The molecule has 22 heavy (non-hydrogen) atoms. The fourth-order valence-corrected chi connectivity index (χ4v) is 2.64. The molecule has 0 saturated carbocycles. The van der Waals surface area contributed by atoms with Gasteiger partial charge in [0.25, 0.3) is 9.05 Å². The quantitative estimate of drug-likeness (QED) is 0.767. The Bertz CT molecular complexity index is 808. The molecule has 0 bridgehead atoms. The summed E-state index contributed by atoms with van der Waals surface area (Å²) in [6, 6.07) is 9.56. The second kappa shape index (κ2) is 6.75. The summed E-state index contributed by atoms with van der Waals surface area (Å²) in [6.45, 7) is 0. The van der Waals surface area contributed by atoms with Gasteiger partial charge in [0.15, 0.2) is 0 Å². The summed E-state index contributed by atoms with van der Waals surface area (Å²) in [4.78, 5) is 11.8. The van der Waals surface area contributed by atoms with Crippen LogP contribution in [0.1, 0.15) is 0 Å². The number of hydrogen-bond acceptors (Lipinski definition) is 3. The average Bonchev–Trinajstić information content (AvgIpc) is 2.42. The van der Waals surface area contributed by atoms with E-state index in [9.17, 15) is 13.2 Å². The van der Waals surface area contributed by atoms with Gasteiger partial charge in [0.1, 0.15) is 0 Å². The van der Waals surface area contributed by atoms with Crippen molar-refractivity contribution in [2.75, 3.05) is 10.6 Å². The van der Waals surface area contributed by atoms with E-state index in [0.717, 1.165) is 0 Å². The fourth-order valence-electron chi connectivity index (χ4n) is 1.57. The lowest BCUT2D eigenvalue weighted by Gasteiger charge is -2.08. The van der Waals surface area contributed by atoms with Crippen LogP contribution in [-0.4, -0.2) is 14.4 Å². The van der Waals surface area contributed by atoms with E-state index in [-0.39, 0.29) is 4.90 Å². The van der Waals surface area contributed by atoms with E-state index in [0.29, 0.717) is 21.4 Å². The fraction of sp³-hybridized carbons (Fsp3) is 0. The number of nitrogens with one attached hydrogen (secondary N) is 2. The van der Waals surface area contributed by atoms with Crippen LogP contribution in [0.5, 0.6) is 0 Å². The van der Waals surface area contributed by atoms with Crippen molar-refractivity contribution in [3.8, 4) is 0 Å². The SMILES string of the molecule is O=C(Nc1ccc(S(=O)(=O)Cl)cc1)Nc1ccc(Cl)c(Cl)c1. The van der Waals surface area contributed by atoms with E-state index < -0.39 is 15.1 Å². The Hall–Kier alpha value is -1.47. The molecule has 2 aromatic rings. The summed E-state index contributed by atoms with van der Waals surface area (Å²) < 4.78 is 22.2. The van der Waals surface area contributed by atoms with Crippen molar-refractivity contribution in [1.29, 1.82) is 0 Å². The van der Waals surface area contributed by atoms with Crippen molar-refractivity contribution in [2.45, 2.75) is 4.90 Å². The minimum atomic E-state index is -3.79. The summed E-state index contributed by atoms with van der Waals surface area (Å²) in [5.41, 5.74) is 0.869. The average molecular weight is 380 g/mol. The molecule has 0 aliphatic heterocycles. The van der Waals surface area contributed by atoms with Gasteiger partial charge in [-0.2, -0.15) is 0 Å². The number of amides is 2. The van der Waals surface area contributed by atoms with Gasteiger partial charge in [-0.15, -0.1) is 0 Å². The molecular formula is C13H9Cl3N2O3S. The number of benzene rings is 2. The molecule has 0 unspecified atom stereocenters. The van der Waals surface area contributed by atoms with Crippen LogP contribution in [0.2, 0.25) is 10.0 Å². The Morgan fingerprint density at radius 1 is 0.864 bits per heavy atom. The first-order valence-electron chi connectivity index (χ1n) is 5.83. The maximum atomic E-state index is 11.8. The Balaban J connectivity index is 2.04. The van der Waals surface area contributed by atoms with Crippen LogP contribution < -0.4 is 10.6 Å². The Kier molecular flexibility index (Phi) is 5.18. The summed E-state index contributed by atoms with van der Waals surface area (Å²) >= 11 is 11.6. The number of hydrogen-bond donors (Lipinski definition) is 2. The van der Waals surface area contributed by atoms with Gasteiger partial charge >= 0.3 is 6.03 Å². The van der Waals surface area contributed by atoms with E-state index >= 15 is 0 Å². The summed E-state index contributed by atoms with van der Waals surface area (Å²) in [5.74, 6) is 0. The van der Waals surface area contributed by atoms with Crippen molar-refractivity contribution in [1.82, 2.24) is 0 Å². The second-order valence-electron chi connectivity index (χ2n) is 4.17. The highest BCUT2D eigenvalue weighted by Gasteiger charge is 2.10. The molecule has 5 nitrogen and oxygen atoms in total. The minimum absolute atomic E-state index is 0.0513. The number of rotatable bonds is 3. The summed E-state index contributed by atoms with van der Waals surface area (Å²) in [7, 11) is 1.41. The van der Waals surface area contributed by atoms with Crippen LogP contribution in [0.3, 0.4) is 0 Å². The van der Waals surface area contributed by atoms with Gasteiger partial charge in [-0.25, -0.2) is 13.2 Å². The van der Waals surface area contributed by atoms with E-state index in [1.165, 1.54) is 30.3 Å². The van der Waals surface area contributed by atoms with Gasteiger partial charge < -0.3 is 10.6 Å². The zero-order chi connectivity index (χ0) is 16.3. The number of carbonyl (C=O) groups is 1. The third-order valence-electron chi connectivity index (χ3n) is 2.57. The molecule has 0 saturated heterocycles. The third kappa shape index (κ3) is 4.51. The van der Waals surface area contributed by atoms with Crippen molar-refractivity contribution in [2.24, 2.45) is 0 Å². The molecule has 0 aromatic heterocycles. The first kappa shape index (κ1) is 16.9. The van der Waals surface area contributed by atoms with Crippen LogP contribution in [0.4, 0.5) is 16.2 Å². The molecule has 0 fully saturated rings. The molecule has 0 aliphatic rings. The topological polar surface area (TPSA) is 75.3 Å². The van der Waals surface area contributed by atoms with Crippen LogP contribution in [-0.2, 0) is 9.05 Å². The van der Waals surface area contributed by atoms with Crippen molar-refractivity contribution < 1.29 is 13.2 Å². The molecule has 0 spiro atoms. The van der Waals surface area contributed by atoms with E-state index in [1.54, 1.807) is 12.1 Å². The van der Waals surface area contributed by atoms with Crippen LogP contribution in [0, 0.1) is 0 Å². The van der Waals surface area contributed by atoms with Gasteiger partial charge in [-0.05, 0) is 42.5 Å². The molecule has 0 atom stereocenters. The number of carbonyl (C=O) groups excluding carboxylic acids is 1. The lowest BCUT2D eigenvalue weighted by molar-refractivity contribution is 0.262. The molecule has 0 radical (unpaired) electrons. The normalized spacial score (nSPS) is 11.0. The molecule has 2 amide bonds. The predicted molar refractivity (Wildman–Crippen MR) is 88.6 cm³/mol. The smallest absolute Gasteiger partial charge is 0.308 e.